The summed E-state index contributed by atoms with van der Waals surface area (Å²) in [4.78, 5) is 20.8. The van der Waals surface area contributed by atoms with Crippen molar-refractivity contribution in [1.29, 1.82) is 0 Å². The maximum Gasteiger partial charge on any atom is 2.00 e. The Bertz CT molecular complexity index is 269. The molecule has 0 amide bonds. The zero-order valence-electron chi connectivity index (χ0n) is 14.4. The summed E-state index contributed by atoms with van der Waals surface area (Å²) >= 11 is 0. The fourth-order valence-electron chi connectivity index (χ4n) is 1.44. The molecule has 0 radical (unpaired) electrons. The number of carbonyl (C=O) groups is 2. The molecule has 0 aromatic rings. The molecule has 0 fully saturated rings. The number of carbonyl (C=O) groups excluding carboxylic acids is 2. The maximum absolute atomic E-state index is 10.4. The third kappa shape index (κ3) is 13.2. The topological polar surface area (TPSA) is 80.3 Å². The molecule has 122 valence electrons. The normalized spacial score (nSPS) is 11.0. The van der Waals surface area contributed by atoms with Gasteiger partial charge in [-0.15, -0.1) is 0 Å². The molecule has 0 aliphatic heterocycles. The van der Waals surface area contributed by atoms with E-state index in [9.17, 15) is 19.8 Å². The van der Waals surface area contributed by atoms with Crippen LogP contribution in [0.3, 0.4) is 0 Å². The molecule has 0 bridgehead atoms. The second kappa shape index (κ2) is 12.4. The summed E-state index contributed by atoms with van der Waals surface area (Å²) in [5, 5.41) is 20.8. The molecule has 0 saturated carbocycles. The van der Waals surface area contributed by atoms with Gasteiger partial charge >= 0.3 is 26.2 Å². The Labute approximate surface area is 148 Å². The van der Waals surface area contributed by atoms with E-state index in [1.807, 2.05) is 13.8 Å². The summed E-state index contributed by atoms with van der Waals surface area (Å²) in [6.45, 7) is 10.9. The molecule has 0 spiro atoms. The van der Waals surface area contributed by atoms with E-state index in [1.165, 1.54) is 0 Å². The Balaban J connectivity index is -0.000000295. The first-order valence-electron chi connectivity index (χ1n) is 7.44. The first-order chi connectivity index (χ1) is 9.01. The van der Waals surface area contributed by atoms with Crippen LogP contribution in [0, 0.1) is 10.8 Å². The molecular formula is C16H30O4Zr. The van der Waals surface area contributed by atoms with Crippen molar-refractivity contribution in [1.82, 2.24) is 0 Å². The quantitative estimate of drug-likeness (QED) is 0.647. The minimum atomic E-state index is -0.944. The van der Waals surface area contributed by atoms with Gasteiger partial charge in [-0.05, 0) is 12.8 Å². The van der Waals surface area contributed by atoms with Gasteiger partial charge in [-0.3, -0.25) is 0 Å². The fourth-order valence-corrected chi connectivity index (χ4v) is 1.44. The average Bonchev–Trinajstić information content (AvgIpc) is 2.34. The predicted octanol–water partition coefficient (Wildman–Crippen LogP) is 1.90. The summed E-state index contributed by atoms with van der Waals surface area (Å²) in [6, 6.07) is 0. The molecule has 4 nitrogen and oxygen atoms in total. The summed E-state index contributed by atoms with van der Waals surface area (Å²) in [6.07, 6.45) is 5.42. The molecule has 0 rings (SSSR count). The van der Waals surface area contributed by atoms with Crippen LogP contribution in [0.1, 0.15) is 80.1 Å². The van der Waals surface area contributed by atoms with Gasteiger partial charge in [0.15, 0.2) is 0 Å². The second-order valence-corrected chi connectivity index (χ2v) is 6.55. The van der Waals surface area contributed by atoms with Crippen molar-refractivity contribution in [3.05, 3.63) is 0 Å². The van der Waals surface area contributed by atoms with Gasteiger partial charge in [0, 0.05) is 22.8 Å². The number of unbranched alkanes of at least 4 members (excludes halogenated alkanes) is 2. The number of hydrogen-bond acceptors (Lipinski definition) is 4. The van der Waals surface area contributed by atoms with Gasteiger partial charge in [0.1, 0.15) is 0 Å². The zero-order chi connectivity index (χ0) is 16.4. The van der Waals surface area contributed by atoms with E-state index in [1.54, 1.807) is 27.7 Å². The number of hydrogen-bond donors (Lipinski definition) is 0. The van der Waals surface area contributed by atoms with E-state index < -0.39 is 22.8 Å². The zero-order valence-corrected chi connectivity index (χ0v) is 16.8. The van der Waals surface area contributed by atoms with Crippen LogP contribution in [-0.2, 0) is 35.8 Å². The van der Waals surface area contributed by atoms with Crippen molar-refractivity contribution in [2.45, 2.75) is 80.1 Å². The summed E-state index contributed by atoms with van der Waals surface area (Å²) in [5.74, 6) is -1.89. The average molecular weight is 378 g/mol. The van der Waals surface area contributed by atoms with Crippen LogP contribution in [0.4, 0.5) is 0 Å². The molecule has 0 saturated heterocycles. The number of aliphatic carboxylic acids is 2. The van der Waals surface area contributed by atoms with E-state index in [-0.39, 0.29) is 26.2 Å². The van der Waals surface area contributed by atoms with E-state index in [0.717, 1.165) is 25.7 Å². The number of rotatable bonds is 8. The van der Waals surface area contributed by atoms with Gasteiger partial charge in [0.2, 0.25) is 0 Å². The van der Waals surface area contributed by atoms with Crippen LogP contribution in [0.5, 0.6) is 0 Å². The van der Waals surface area contributed by atoms with Crippen LogP contribution >= 0.6 is 0 Å². The summed E-state index contributed by atoms with van der Waals surface area (Å²) in [5.41, 5.74) is -1.29. The molecule has 21 heavy (non-hydrogen) atoms. The molecule has 0 aromatic heterocycles. The predicted molar refractivity (Wildman–Crippen MR) is 76.6 cm³/mol. The molecule has 0 aromatic carbocycles. The number of carboxylic acids is 2. The molecule has 0 N–H and O–H groups in total. The molecule has 5 heteroatoms. The van der Waals surface area contributed by atoms with Crippen molar-refractivity contribution in [2.24, 2.45) is 10.8 Å². The standard InChI is InChI=1S/2C8H16O2.Zr/c2*1-4-5-6-8(2,3)7(9)10;/h2*4-6H2,1-3H3,(H,9,10);/q;;+2/p-2. The van der Waals surface area contributed by atoms with Crippen LogP contribution in [0.25, 0.3) is 0 Å². The first kappa shape index (κ1) is 25.8. The molecule has 0 unspecified atom stereocenters. The van der Waals surface area contributed by atoms with Gasteiger partial charge in [0.05, 0.1) is 0 Å². The second-order valence-electron chi connectivity index (χ2n) is 6.55. The van der Waals surface area contributed by atoms with Gasteiger partial charge in [-0.1, -0.05) is 67.2 Å². The Morgan fingerprint density at radius 3 is 1.14 bits per heavy atom. The smallest absolute Gasteiger partial charge is 0.550 e. The van der Waals surface area contributed by atoms with Crippen LogP contribution in [0.2, 0.25) is 0 Å². The van der Waals surface area contributed by atoms with E-state index in [2.05, 4.69) is 0 Å². The van der Waals surface area contributed by atoms with E-state index in [4.69, 9.17) is 0 Å². The Kier molecular flexibility index (Phi) is 15.2. The summed E-state index contributed by atoms with van der Waals surface area (Å²) in [7, 11) is 0. The third-order valence-electron chi connectivity index (χ3n) is 3.42. The molecule has 0 aliphatic carbocycles. The van der Waals surface area contributed by atoms with Gasteiger partial charge in [-0.2, -0.15) is 0 Å². The Morgan fingerprint density at radius 2 is 1.00 bits per heavy atom. The fraction of sp³-hybridized carbons (Fsp3) is 0.875. The van der Waals surface area contributed by atoms with Crippen molar-refractivity contribution >= 4 is 11.9 Å². The van der Waals surface area contributed by atoms with E-state index in [0.29, 0.717) is 12.8 Å². The van der Waals surface area contributed by atoms with Crippen LogP contribution in [-0.4, -0.2) is 11.9 Å². The van der Waals surface area contributed by atoms with Crippen molar-refractivity contribution in [3.63, 3.8) is 0 Å². The third-order valence-corrected chi connectivity index (χ3v) is 3.42. The van der Waals surface area contributed by atoms with Gasteiger partial charge < -0.3 is 19.8 Å². The molecular weight excluding hydrogens is 347 g/mol. The minimum absolute atomic E-state index is 0. The number of carboxylic acid groups (broad SMARTS) is 2. The van der Waals surface area contributed by atoms with Crippen LogP contribution < -0.4 is 10.2 Å². The monoisotopic (exact) mass is 376 g/mol. The largest absolute Gasteiger partial charge is 2.00 e. The SMILES string of the molecule is CCCCC(C)(C)C(=O)[O-].CCCCC(C)(C)C(=O)[O-].[Zr+2]. The maximum atomic E-state index is 10.4. The van der Waals surface area contributed by atoms with E-state index >= 15 is 0 Å². The minimum Gasteiger partial charge on any atom is -0.550 e. The first-order valence-corrected chi connectivity index (χ1v) is 7.44. The van der Waals surface area contributed by atoms with Crippen LogP contribution in [0.15, 0.2) is 0 Å². The Morgan fingerprint density at radius 1 is 0.762 bits per heavy atom. The van der Waals surface area contributed by atoms with Gasteiger partial charge in [-0.25, -0.2) is 0 Å². The molecule has 0 aliphatic rings. The van der Waals surface area contributed by atoms with Gasteiger partial charge in [0.25, 0.3) is 0 Å². The summed E-state index contributed by atoms with van der Waals surface area (Å²) < 4.78 is 0. The van der Waals surface area contributed by atoms with Crippen molar-refractivity contribution in [3.8, 4) is 0 Å². The van der Waals surface area contributed by atoms with Crippen molar-refractivity contribution < 1.29 is 46.0 Å². The molecule has 0 heterocycles. The Hall–Kier alpha value is -0.177. The molecule has 0 atom stereocenters. The van der Waals surface area contributed by atoms with Crippen molar-refractivity contribution in [2.75, 3.05) is 0 Å².